The highest BCUT2D eigenvalue weighted by Crippen LogP contribution is 2.23. The van der Waals surface area contributed by atoms with Gasteiger partial charge in [0.15, 0.2) is 10.8 Å². The normalized spacial score (nSPS) is 11.1. The van der Waals surface area contributed by atoms with Gasteiger partial charge in [0.25, 0.3) is 0 Å². The molecule has 0 atom stereocenters. The van der Waals surface area contributed by atoms with E-state index < -0.39 is 0 Å². The zero-order chi connectivity index (χ0) is 13.4. The molecule has 0 spiro atoms. The van der Waals surface area contributed by atoms with E-state index in [0.29, 0.717) is 16.4 Å². The molecule has 3 rings (SSSR count). The molecule has 96 valence electrons. The van der Waals surface area contributed by atoms with Crippen molar-refractivity contribution in [1.29, 1.82) is 0 Å². The minimum atomic E-state index is -0.345. The summed E-state index contributed by atoms with van der Waals surface area (Å²) in [6.07, 6.45) is 3.37. The number of H-pyrrole nitrogens is 1. The molecule has 0 aliphatic rings. The van der Waals surface area contributed by atoms with Crippen LogP contribution >= 0.6 is 11.8 Å². The minimum Gasteiger partial charge on any atom is -0.285 e. The molecule has 0 radical (unpaired) electrons. The Morgan fingerprint density at radius 2 is 2.05 bits per heavy atom. The Balaban J connectivity index is 2.27. The number of hydrogen-bond donors (Lipinski definition) is 1. The largest absolute Gasteiger partial charge is 0.350 e. The van der Waals surface area contributed by atoms with E-state index in [9.17, 15) is 9.18 Å². The predicted molar refractivity (Wildman–Crippen MR) is 70.8 cm³/mol. The van der Waals surface area contributed by atoms with Gasteiger partial charge in [0.05, 0.1) is 6.20 Å². The molecule has 2 heterocycles. The van der Waals surface area contributed by atoms with Crippen molar-refractivity contribution in [2.75, 3.05) is 6.26 Å². The van der Waals surface area contributed by atoms with E-state index >= 15 is 0 Å². The van der Waals surface area contributed by atoms with E-state index in [4.69, 9.17) is 0 Å². The Labute approximate surface area is 111 Å². The molecule has 0 amide bonds. The second-order valence-corrected chi connectivity index (χ2v) is 4.65. The Bertz CT molecular complexity index is 794. The van der Waals surface area contributed by atoms with Gasteiger partial charge < -0.3 is 0 Å². The molecule has 0 saturated heterocycles. The van der Waals surface area contributed by atoms with E-state index in [-0.39, 0.29) is 11.5 Å². The summed E-state index contributed by atoms with van der Waals surface area (Å²) in [7, 11) is 0. The number of rotatable bonds is 2. The van der Waals surface area contributed by atoms with Crippen LogP contribution in [0, 0.1) is 5.82 Å². The second-order valence-electron chi connectivity index (χ2n) is 3.85. The summed E-state index contributed by atoms with van der Waals surface area (Å²) in [5.74, 6) is -0.309. The van der Waals surface area contributed by atoms with Crippen molar-refractivity contribution in [2.24, 2.45) is 0 Å². The number of fused-ring (bicyclic) bond motifs is 1. The van der Waals surface area contributed by atoms with Crippen molar-refractivity contribution in [3.63, 3.8) is 0 Å². The van der Waals surface area contributed by atoms with Gasteiger partial charge in [-0.25, -0.2) is 14.2 Å². The first kappa shape index (κ1) is 11.9. The molecule has 19 heavy (non-hydrogen) atoms. The van der Waals surface area contributed by atoms with Gasteiger partial charge in [0.1, 0.15) is 5.82 Å². The maximum Gasteiger partial charge on any atom is 0.350 e. The molecular weight excluding hydrogens is 267 g/mol. The van der Waals surface area contributed by atoms with Crippen LogP contribution in [0.25, 0.3) is 16.8 Å². The van der Waals surface area contributed by atoms with Crippen molar-refractivity contribution in [3.8, 4) is 11.1 Å². The third-order valence-corrected chi connectivity index (χ3v) is 3.29. The summed E-state index contributed by atoms with van der Waals surface area (Å²) in [4.78, 5) is 18.7. The summed E-state index contributed by atoms with van der Waals surface area (Å²) < 4.78 is 14.1. The number of aromatic amines is 1. The lowest BCUT2D eigenvalue weighted by Gasteiger charge is -2.00. The molecule has 0 aliphatic carbocycles. The predicted octanol–water partition coefficient (Wildman–Crippen LogP) is 1.95. The van der Waals surface area contributed by atoms with Crippen LogP contribution in [0.4, 0.5) is 4.39 Å². The lowest BCUT2D eigenvalue weighted by Crippen LogP contribution is -2.19. The molecule has 0 aliphatic heterocycles. The second kappa shape index (κ2) is 4.51. The number of thioether (sulfide) groups is 1. The van der Waals surface area contributed by atoms with Crippen LogP contribution in [-0.4, -0.2) is 25.8 Å². The fourth-order valence-electron chi connectivity index (χ4n) is 1.80. The van der Waals surface area contributed by atoms with Crippen LogP contribution in [-0.2, 0) is 0 Å². The molecule has 0 bridgehead atoms. The summed E-state index contributed by atoms with van der Waals surface area (Å²) in [6, 6.07) is 5.99. The summed E-state index contributed by atoms with van der Waals surface area (Å²) in [5.41, 5.74) is 1.57. The van der Waals surface area contributed by atoms with E-state index in [0.717, 1.165) is 5.56 Å². The Kier molecular flexibility index (Phi) is 2.83. The number of nitrogens with one attached hydrogen (secondary N) is 1. The van der Waals surface area contributed by atoms with Crippen LogP contribution < -0.4 is 5.69 Å². The fourth-order valence-corrected chi connectivity index (χ4v) is 2.16. The van der Waals surface area contributed by atoms with E-state index in [2.05, 4.69) is 15.1 Å². The van der Waals surface area contributed by atoms with Crippen molar-refractivity contribution in [3.05, 3.63) is 46.8 Å². The van der Waals surface area contributed by atoms with Gasteiger partial charge in [0.2, 0.25) is 0 Å². The summed E-state index contributed by atoms with van der Waals surface area (Å²) in [6.45, 7) is 0. The zero-order valence-corrected chi connectivity index (χ0v) is 10.7. The van der Waals surface area contributed by atoms with Crippen molar-refractivity contribution >= 4 is 17.4 Å². The lowest BCUT2D eigenvalue weighted by molar-refractivity contribution is 0.628. The SMILES string of the molecule is CSc1nc2c(-c3ccc(F)cc3)cnn2c(=O)[nH]1. The van der Waals surface area contributed by atoms with Gasteiger partial charge in [-0.05, 0) is 24.0 Å². The molecule has 1 N–H and O–H groups in total. The fraction of sp³-hybridized carbons (Fsp3) is 0.0833. The molecule has 0 fully saturated rings. The van der Waals surface area contributed by atoms with Crippen LogP contribution in [0.1, 0.15) is 0 Å². The molecule has 0 unspecified atom stereocenters. The van der Waals surface area contributed by atoms with Crippen molar-refractivity contribution in [2.45, 2.75) is 5.16 Å². The van der Waals surface area contributed by atoms with Gasteiger partial charge in [-0.1, -0.05) is 23.9 Å². The molecule has 1 aromatic carbocycles. The van der Waals surface area contributed by atoms with Gasteiger partial charge in [0, 0.05) is 5.56 Å². The topological polar surface area (TPSA) is 63.1 Å². The van der Waals surface area contributed by atoms with Gasteiger partial charge in [-0.2, -0.15) is 9.61 Å². The highest BCUT2D eigenvalue weighted by molar-refractivity contribution is 7.98. The summed E-state index contributed by atoms with van der Waals surface area (Å²) in [5, 5.41) is 4.51. The first-order valence-corrected chi connectivity index (χ1v) is 6.69. The maximum atomic E-state index is 12.9. The lowest BCUT2D eigenvalue weighted by atomic mass is 10.1. The number of hydrogen-bond acceptors (Lipinski definition) is 4. The number of nitrogens with zero attached hydrogens (tertiary/aromatic N) is 3. The highest BCUT2D eigenvalue weighted by atomic mass is 32.2. The zero-order valence-electron chi connectivity index (χ0n) is 9.92. The third kappa shape index (κ3) is 2.01. The first-order chi connectivity index (χ1) is 9.19. The van der Waals surface area contributed by atoms with Crippen LogP contribution in [0.15, 0.2) is 40.4 Å². The Morgan fingerprint density at radius 1 is 1.32 bits per heavy atom. The average molecular weight is 276 g/mol. The maximum absolute atomic E-state index is 12.9. The smallest absolute Gasteiger partial charge is 0.285 e. The number of halogens is 1. The van der Waals surface area contributed by atoms with Crippen molar-refractivity contribution in [1.82, 2.24) is 19.6 Å². The summed E-state index contributed by atoms with van der Waals surface area (Å²) >= 11 is 1.34. The molecular formula is C12H9FN4OS. The van der Waals surface area contributed by atoms with Gasteiger partial charge >= 0.3 is 5.69 Å². The van der Waals surface area contributed by atoms with Crippen LogP contribution in [0.2, 0.25) is 0 Å². The quantitative estimate of drug-likeness (QED) is 0.727. The molecule has 3 aromatic rings. The monoisotopic (exact) mass is 276 g/mol. The van der Waals surface area contributed by atoms with Crippen molar-refractivity contribution < 1.29 is 4.39 Å². The number of aromatic nitrogens is 4. The van der Waals surface area contributed by atoms with E-state index in [1.54, 1.807) is 18.3 Å². The Hall–Kier alpha value is -2.15. The van der Waals surface area contributed by atoms with E-state index in [1.807, 2.05) is 6.26 Å². The van der Waals surface area contributed by atoms with E-state index in [1.165, 1.54) is 28.4 Å². The molecule has 2 aromatic heterocycles. The van der Waals surface area contributed by atoms with Gasteiger partial charge in [-0.15, -0.1) is 0 Å². The molecule has 7 heteroatoms. The van der Waals surface area contributed by atoms with Crippen LogP contribution in [0.3, 0.4) is 0 Å². The standard InChI is InChI=1S/C12H9FN4OS/c1-19-11-15-10-9(6-14-17(10)12(18)16-11)7-2-4-8(13)5-3-7/h2-6H,1H3,(H,15,16,18). The van der Waals surface area contributed by atoms with Crippen LogP contribution in [0.5, 0.6) is 0 Å². The minimum absolute atomic E-state index is 0.309. The number of benzene rings is 1. The third-order valence-electron chi connectivity index (χ3n) is 2.71. The Morgan fingerprint density at radius 3 is 2.74 bits per heavy atom. The highest BCUT2D eigenvalue weighted by Gasteiger charge is 2.11. The van der Waals surface area contributed by atoms with Gasteiger partial charge in [-0.3, -0.25) is 4.98 Å². The first-order valence-electron chi connectivity index (χ1n) is 5.47. The molecule has 0 saturated carbocycles. The average Bonchev–Trinajstić information content (AvgIpc) is 2.84. The molecule has 5 nitrogen and oxygen atoms in total.